The third-order valence-corrected chi connectivity index (χ3v) is 3.07. The van der Waals surface area contributed by atoms with Gasteiger partial charge in [0.05, 0.1) is 0 Å². The quantitative estimate of drug-likeness (QED) is 0.813. The van der Waals surface area contributed by atoms with Gasteiger partial charge >= 0.3 is 12.1 Å². The number of rotatable bonds is 5. The van der Waals surface area contributed by atoms with Gasteiger partial charge in [-0.1, -0.05) is 17.7 Å². The summed E-state index contributed by atoms with van der Waals surface area (Å²) in [5.41, 5.74) is 1.39. The van der Waals surface area contributed by atoms with E-state index in [1.807, 2.05) is 13.0 Å². The molecule has 0 fully saturated rings. The van der Waals surface area contributed by atoms with Gasteiger partial charge in [0, 0.05) is 12.0 Å². The van der Waals surface area contributed by atoms with Crippen molar-refractivity contribution in [3.63, 3.8) is 0 Å². The number of nitrogens with one attached hydrogen (secondary N) is 1. The maximum absolute atomic E-state index is 12.3. The summed E-state index contributed by atoms with van der Waals surface area (Å²) < 4.78 is 5.02. The molecule has 0 saturated carbocycles. The monoisotopic (exact) mass is 321 g/mol. The van der Waals surface area contributed by atoms with Crippen molar-refractivity contribution < 1.29 is 24.2 Å². The van der Waals surface area contributed by atoms with Crippen molar-refractivity contribution in [3.8, 4) is 0 Å². The number of ether oxygens (including phenoxy) is 1. The summed E-state index contributed by atoms with van der Waals surface area (Å²) >= 11 is 0. The molecule has 126 valence electrons. The fourth-order valence-electron chi connectivity index (χ4n) is 1.98. The Balaban J connectivity index is 2.84. The lowest BCUT2D eigenvalue weighted by atomic mass is 9.98. The zero-order chi connectivity index (χ0) is 17.8. The molecule has 23 heavy (non-hydrogen) atoms. The van der Waals surface area contributed by atoms with E-state index >= 15 is 0 Å². The number of aliphatic carboxylic acids is 1. The molecule has 1 aromatic rings. The smallest absolute Gasteiger partial charge is 0.408 e. The Labute approximate surface area is 135 Å². The lowest BCUT2D eigenvalue weighted by molar-refractivity contribution is -0.139. The van der Waals surface area contributed by atoms with Gasteiger partial charge in [-0.2, -0.15) is 0 Å². The molecule has 6 heteroatoms. The van der Waals surface area contributed by atoms with Crippen LogP contribution in [0.15, 0.2) is 18.2 Å². The number of carboxylic acids is 1. The van der Waals surface area contributed by atoms with Gasteiger partial charge in [0.2, 0.25) is 0 Å². The van der Waals surface area contributed by atoms with E-state index in [-0.39, 0.29) is 12.2 Å². The van der Waals surface area contributed by atoms with Crippen LogP contribution < -0.4 is 5.32 Å². The first-order chi connectivity index (χ1) is 10.5. The van der Waals surface area contributed by atoms with Gasteiger partial charge in [-0.3, -0.25) is 4.79 Å². The highest BCUT2D eigenvalue weighted by molar-refractivity contribution is 6.00. The predicted octanol–water partition coefficient (Wildman–Crippen LogP) is 2.85. The van der Waals surface area contributed by atoms with Crippen LogP contribution in [0.1, 0.15) is 48.7 Å². The number of alkyl carbamates (subject to hydrolysis) is 1. The summed E-state index contributed by atoms with van der Waals surface area (Å²) in [7, 11) is 0. The van der Waals surface area contributed by atoms with Crippen LogP contribution in [0.3, 0.4) is 0 Å². The average Bonchev–Trinajstić information content (AvgIpc) is 2.38. The summed E-state index contributed by atoms with van der Waals surface area (Å²) in [6, 6.07) is 4.06. The Morgan fingerprint density at radius 3 is 2.35 bits per heavy atom. The predicted molar refractivity (Wildman–Crippen MR) is 85.7 cm³/mol. The normalized spacial score (nSPS) is 12.4. The third kappa shape index (κ3) is 6.10. The summed E-state index contributed by atoms with van der Waals surface area (Å²) in [6.07, 6.45) is -1.20. The molecule has 0 aromatic heterocycles. The maximum atomic E-state index is 12.3. The number of carboxylic acid groups (broad SMARTS) is 1. The summed E-state index contributed by atoms with van der Waals surface area (Å²) in [4.78, 5) is 35.3. The number of benzene rings is 1. The molecule has 2 N–H and O–H groups in total. The largest absolute Gasteiger partial charge is 0.480 e. The van der Waals surface area contributed by atoms with Crippen LogP contribution in [-0.2, 0) is 9.53 Å². The van der Waals surface area contributed by atoms with Crippen LogP contribution >= 0.6 is 0 Å². The Bertz CT molecular complexity index is 616. The Kier molecular flexibility index (Phi) is 5.90. The maximum Gasteiger partial charge on any atom is 0.408 e. The highest BCUT2D eigenvalue weighted by atomic mass is 16.6. The topological polar surface area (TPSA) is 92.7 Å². The van der Waals surface area contributed by atoms with Crippen LogP contribution in [0, 0.1) is 13.8 Å². The molecule has 1 rings (SSSR count). The van der Waals surface area contributed by atoms with Gasteiger partial charge in [0.1, 0.15) is 11.6 Å². The van der Waals surface area contributed by atoms with Gasteiger partial charge in [-0.25, -0.2) is 9.59 Å². The van der Waals surface area contributed by atoms with E-state index in [9.17, 15) is 19.5 Å². The molecule has 1 aromatic carbocycles. The van der Waals surface area contributed by atoms with Crippen molar-refractivity contribution in [2.75, 3.05) is 0 Å². The average molecular weight is 321 g/mol. The van der Waals surface area contributed by atoms with Crippen molar-refractivity contribution >= 4 is 17.8 Å². The van der Waals surface area contributed by atoms with Crippen molar-refractivity contribution in [2.24, 2.45) is 0 Å². The number of aryl methyl sites for hydroxylation is 2. The van der Waals surface area contributed by atoms with Gasteiger partial charge in [-0.15, -0.1) is 0 Å². The number of hydrogen-bond donors (Lipinski definition) is 2. The molecular formula is C17H23NO5. The van der Waals surface area contributed by atoms with Crippen LogP contribution in [0.2, 0.25) is 0 Å². The van der Waals surface area contributed by atoms with Crippen LogP contribution in [0.4, 0.5) is 4.79 Å². The van der Waals surface area contributed by atoms with E-state index in [0.29, 0.717) is 5.56 Å². The molecule has 0 bridgehead atoms. The minimum atomic E-state index is -1.34. The van der Waals surface area contributed by atoms with E-state index in [1.54, 1.807) is 39.8 Å². The fraction of sp³-hybridized carbons (Fsp3) is 0.471. The number of Topliss-reactive ketones (excluding diaryl/α,β-unsaturated/α-hetero) is 1. The number of carbonyl (C=O) groups excluding carboxylic acids is 2. The molecule has 0 spiro atoms. The van der Waals surface area contributed by atoms with E-state index < -0.39 is 23.7 Å². The Hall–Kier alpha value is -2.37. The highest BCUT2D eigenvalue weighted by Crippen LogP contribution is 2.14. The SMILES string of the molecule is Cc1ccc(C)c(C(=O)CC(NC(=O)OC(C)(C)C)C(=O)O)c1. The number of carbonyl (C=O) groups is 3. The highest BCUT2D eigenvalue weighted by Gasteiger charge is 2.27. The number of amides is 1. The van der Waals surface area contributed by atoms with E-state index in [4.69, 9.17) is 4.74 Å². The molecule has 1 atom stereocenters. The lowest BCUT2D eigenvalue weighted by Crippen LogP contribution is -2.44. The van der Waals surface area contributed by atoms with Crippen molar-refractivity contribution in [3.05, 3.63) is 34.9 Å². The van der Waals surface area contributed by atoms with Gasteiger partial charge in [0.15, 0.2) is 5.78 Å². The van der Waals surface area contributed by atoms with Gasteiger partial charge < -0.3 is 15.2 Å². The minimum Gasteiger partial charge on any atom is -0.480 e. The first kappa shape index (κ1) is 18.7. The number of ketones is 1. The molecule has 0 heterocycles. The fourth-order valence-corrected chi connectivity index (χ4v) is 1.98. The van der Waals surface area contributed by atoms with Crippen molar-refractivity contribution in [2.45, 2.75) is 52.7 Å². The molecule has 1 amide bonds. The van der Waals surface area contributed by atoms with Crippen LogP contribution in [-0.4, -0.2) is 34.6 Å². The van der Waals surface area contributed by atoms with Crippen molar-refractivity contribution in [1.29, 1.82) is 0 Å². The van der Waals surface area contributed by atoms with Gasteiger partial charge in [0.25, 0.3) is 0 Å². The molecule has 0 aliphatic rings. The second-order valence-corrected chi connectivity index (χ2v) is 6.48. The molecular weight excluding hydrogens is 298 g/mol. The van der Waals surface area contributed by atoms with E-state index in [1.165, 1.54) is 0 Å². The molecule has 6 nitrogen and oxygen atoms in total. The Morgan fingerprint density at radius 2 is 1.83 bits per heavy atom. The second-order valence-electron chi connectivity index (χ2n) is 6.48. The van der Waals surface area contributed by atoms with E-state index in [0.717, 1.165) is 11.1 Å². The minimum absolute atomic E-state index is 0.334. The second kappa shape index (κ2) is 7.26. The van der Waals surface area contributed by atoms with Gasteiger partial charge in [-0.05, 0) is 46.2 Å². The Morgan fingerprint density at radius 1 is 1.22 bits per heavy atom. The standard InChI is InChI=1S/C17H23NO5/c1-10-6-7-11(2)12(8-10)14(19)9-13(15(20)21)18-16(22)23-17(3,4)5/h6-8,13H,9H2,1-5H3,(H,18,22)(H,20,21). The molecule has 0 aliphatic heterocycles. The molecule has 0 radical (unpaired) electrons. The zero-order valence-electron chi connectivity index (χ0n) is 14.1. The number of hydrogen-bond acceptors (Lipinski definition) is 4. The summed E-state index contributed by atoms with van der Waals surface area (Å²) in [6.45, 7) is 8.64. The molecule has 0 saturated heterocycles. The summed E-state index contributed by atoms with van der Waals surface area (Å²) in [5.74, 6) is -1.62. The first-order valence-electron chi connectivity index (χ1n) is 7.32. The van der Waals surface area contributed by atoms with E-state index in [2.05, 4.69) is 5.32 Å². The lowest BCUT2D eigenvalue weighted by Gasteiger charge is -2.22. The third-order valence-electron chi connectivity index (χ3n) is 3.07. The molecule has 0 aliphatic carbocycles. The zero-order valence-corrected chi connectivity index (χ0v) is 14.1. The van der Waals surface area contributed by atoms with Crippen LogP contribution in [0.5, 0.6) is 0 Å². The molecule has 1 unspecified atom stereocenters. The van der Waals surface area contributed by atoms with Crippen LogP contribution in [0.25, 0.3) is 0 Å². The van der Waals surface area contributed by atoms with Crippen molar-refractivity contribution in [1.82, 2.24) is 5.32 Å². The first-order valence-corrected chi connectivity index (χ1v) is 7.32. The summed E-state index contributed by atoms with van der Waals surface area (Å²) in [5, 5.41) is 11.4.